The number of hydrogen-bond donors (Lipinski definition) is 0. The monoisotopic (exact) mass is 668 g/mol. The molecule has 10 aromatic rings. The fourth-order valence-corrected chi connectivity index (χ4v) is 6.78. The van der Waals surface area contributed by atoms with Gasteiger partial charge in [0.15, 0.2) is 23.1 Å². The highest BCUT2D eigenvalue weighted by atomic mass is 16.3. The van der Waals surface area contributed by atoms with Gasteiger partial charge in [-0.15, -0.1) is 0 Å². The van der Waals surface area contributed by atoms with Gasteiger partial charge in [0, 0.05) is 33.0 Å². The summed E-state index contributed by atoms with van der Waals surface area (Å²) in [6.45, 7) is 0. The minimum atomic E-state index is 0.581. The highest BCUT2D eigenvalue weighted by Gasteiger charge is 2.19. The molecule has 0 bridgehead atoms. The maximum Gasteiger partial charge on any atom is 0.227 e. The molecule has 244 valence electrons. The number of nitrogens with zero attached hydrogens (tertiary/aromatic N) is 4. The molecule has 0 amide bonds. The van der Waals surface area contributed by atoms with Crippen LogP contribution in [0.15, 0.2) is 179 Å². The van der Waals surface area contributed by atoms with Crippen molar-refractivity contribution >= 4 is 33.0 Å². The Morgan fingerprint density at radius 1 is 0.327 bits per heavy atom. The first-order valence-corrected chi connectivity index (χ1v) is 17.1. The molecule has 0 aliphatic carbocycles. The first-order valence-electron chi connectivity index (χ1n) is 17.1. The summed E-state index contributed by atoms with van der Waals surface area (Å²) in [5.41, 5.74) is 11.2. The van der Waals surface area contributed by atoms with Crippen LogP contribution in [-0.2, 0) is 0 Å². The Morgan fingerprint density at radius 2 is 0.865 bits per heavy atom. The Balaban J connectivity index is 1.08. The van der Waals surface area contributed by atoms with Crippen molar-refractivity contribution in [2.24, 2.45) is 0 Å². The van der Waals surface area contributed by atoms with E-state index < -0.39 is 0 Å². The van der Waals surface area contributed by atoms with E-state index in [2.05, 4.69) is 71.7 Å². The second-order valence-corrected chi connectivity index (χ2v) is 12.7. The van der Waals surface area contributed by atoms with Gasteiger partial charge in [-0.3, -0.25) is 0 Å². The normalized spacial score (nSPS) is 11.5. The third-order valence-electron chi connectivity index (χ3n) is 9.41. The molecular weight excluding hydrogens is 641 g/mol. The average Bonchev–Trinajstić information content (AvgIpc) is 3.83. The van der Waals surface area contributed by atoms with Crippen molar-refractivity contribution in [3.63, 3.8) is 0 Å². The predicted molar refractivity (Wildman–Crippen MR) is 207 cm³/mol. The number of hydrogen-bond acceptors (Lipinski definition) is 6. The van der Waals surface area contributed by atoms with Crippen molar-refractivity contribution in [2.75, 3.05) is 0 Å². The van der Waals surface area contributed by atoms with E-state index in [-0.39, 0.29) is 0 Å². The van der Waals surface area contributed by atoms with Crippen LogP contribution in [-0.4, -0.2) is 19.9 Å². The molecule has 7 aromatic carbocycles. The number of fused-ring (bicyclic) bond motifs is 4. The van der Waals surface area contributed by atoms with E-state index in [0.29, 0.717) is 23.4 Å². The lowest BCUT2D eigenvalue weighted by molar-refractivity contribution is 0.620. The van der Waals surface area contributed by atoms with Crippen LogP contribution in [0.25, 0.3) is 101 Å². The predicted octanol–water partition coefficient (Wildman–Crippen LogP) is 11.9. The van der Waals surface area contributed by atoms with E-state index in [4.69, 9.17) is 23.8 Å². The van der Waals surface area contributed by atoms with Crippen LogP contribution in [0.5, 0.6) is 0 Å². The van der Waals surface area contributed by atoms with Crippen LogP contribution >= 0.6 is 0 Å². The van der Waals surface area contributed by atoms with Crippen molar-refractivity contribution < 1.29 is 8.83 Å². The highest BCUT2D eigenvalue weighted by Crippen LogP contribution is 2.39. The van der Waals surface area contributed by atoms with E-state index in [9.17, 15) is 0 Å². The van der Waals surface area contributed by atoms with Crippen LogP contribution in [0, 0.1) is 0 Å². The standard InChI is InChI=1S/C46H28N4O2/c1-3-10-29(11-4-1)30-18-22-33(23-19-30)44-48-43(32-12-5-2-6-13-32)49-45(50-44)36-14-9-17-41-42(36)37-28-35(26-27-39(37)51-41)31-20-24-34(25-21-31)46-47-38-15-7-8-16-40(38)52-46/h1-28H. The smallest absolute Gasteiger partial charge is 0.227 e. The van der Waals surface area contributed by atoms with Gasteiger partial charge in [0.05, 0.1) is 0 Å². The van der Waals surface area contributed by atoms with Crippen molar-refractivity contribution in [3.8, 4) is 67.9 Å². The lowest BCUT2D eigenvalue weighted by atomic mass is 9.99. The summed E-state index contributed by atoms with van der Waals surface area (Å²) in [6.07, 6.45) is 0. The van der Waals surface area contributed by atoms with Gasteiger partial charge >= 0.3 is 0 Å². The third kappa shape index (κ3) is 5.30. The summed E-state index contributed by atoms with van der Waals surface area (Å²) in [6, 6.07) is 57.2. The molecule has 0 saturated carbocycles. The van der Waals surface area contributed by atoms with Crippen molar-refractivity contribution in [3.05, 3.63) is 170 Å². The minimum Gasteiger partial charge on any atom is -0.456 e. The Kier molecular flexibility index (Phi) is 7.03. The Bertz CT molecular complexity index is 2840. The van der Waals surface area contributed by atoms with Crippen LogP contribution in [0.4, 0.5) is 0 Å². The van der Waals surface area contributed by atoms with Gasteiger partial charge in [-0.1, -0.05) is 127 Å². The molecule has 3 aromatic heterocycles. The molecule has 3 heterocycles. The third-order valence-corrected chi connectivity index (χ3v) is 9.41. The first kappa shape index (κ1) is 29.7. The Labute approximate surface area is 298 Å². The van der Waals surface area contributed by atoms with Gasteiger partial charge in [0.1, 0.15) is 16.7 Å². The lowest BCUT2D eigenvalue weighted by Gasteiger charge is -2.10. The molecule has 0 aliphatic heterocycles. The fourth-order valence-electron chi connectivity index (χ4n) is 6.78. The lowest BCUT2D eigenvalue weighted by Crippen LogP contribution is -2.00. The molecule has 0 aliphatic rings. The Morgan fingerprint density at radius 3 is 1.60 bits per heavy atom. The summed E-state index contributed by atoms with van der Waals surface area (Å²) in [5, 5.41) is 1.94. The molecule has 52 heavy (non-hydrogen) atoms. The molecule has 0 spiro atoms. The van der Waals surface area contributed by atoms with Crippen molar-refractivity contribution in [1.29, 1.82) is 0 Å². The summed E-state index contributed by atoms with van der Waals surface area (Å²) in [5.74, 6) is 2.40. The summed E-state index contributed by atoms with van der Waals surface area (Å²) in [7, 11) is 0. The van der Waals surface area contributed by atoms with Gasteiger partial charge in [0.25, 0.3) is 0 Å². The van der Waals surface area contributed by atoms with Crippen LogP contribution in [0.1, 0.15) is 0 Å². The molecule has 0 saturated heterocycles. The van der Waals surface area contributed by atoms with Crippen molar-refractivity contribution in [2.45, 2.75) is 0 Å². The fraction of sp³-hybridized carbons (Fsp3) is 0. The Hall–Kier alpha value is -7.18. The maximum absolute atomic E-state index is 6.40. The zero-order chi connectivity index (χ0) is 34.4. The SMILES string of the molecule is c1ccc(-c2ccc(-c3nc(-c4ccccc4)nc(-c4cccc5oc6ccc(-c7ccc(-c8nc9ccccc9o8)cc7)cc6c45)n3)cc2)cc1. The first-order chi connectivity index (χ1) is 25.7. The zero-order valence-corrected chi connectivity index (χ0v) is 27.8. The summed E-state index contributed by atoms with van der Waals surface area (Å²) in [4.78, 5) is 19.8. The quantitative estimate of drug-likeness (QED) is 0.175. The van der Waals surface area contributed by atoms with Crippen LogP contribution < -0.4 is 0 Å². The van der Waals surface area contributed by atoms with E-state index in [1.165, 1.54) is 0 Å². The number of furan rings is 1. The molecule has 10 rings (SSSR count). The number of benzene rings is 7. The van der Waals surface area contributed by atoms with Crippen molar-refractivity contribution in [1.82, 2.24) is 19.9 Å². The molecule has 0 radical (unpaired) electrons. The molecule has 6 nitrogen and oxygen atoms in total. The van der Waals surface area contributed by atoms with E-state index in [1.54, 1.807) is 0 Å². The van der Waals surface area contributed by atoms with E-state index >= 15 is 0 Å². The maximum atomic E-state index is 6.40. The van der Waals surface area contributed by atoms with E-state index in [1.807, 2.05) is 103 Å². The van der Waals surface area contributed by atoms with Crippen LogP contribution in [0.3, 0.4) is 0 Å². The molecule has 0 atom stereocenters. The topological polar surface area (TPSA) is 77.8 Å². The minimum absolute atomic E-state index is 0.581. The van der Waals surface area contributed by atoms with Gasteiger partial charge in [-0.2, -0.15) is 0 Å². The van der Waals surface area contributed by atoms with Gasteiger partial charge in [0.2, 0.25) is 5.89 Å². The number of oxazole rings is 1. The van der Waals surface area contributed by atoms with Gasteiger partial charge in [-0.25, -0.2) is 19.9 Å². The molecular formula is C46H28N4O2. The molecule has 6 heteroatoms. The molecule has 0 N–H and O–H groups in total. The van der Waals surface area contributed by atoms with Gasteiger partial charge < -0.3 is 8.83 Å². The molecule has 0 fully saturated rings. The average molecular weight is 669 g/mol. The number of rotatable bonds is 6. The van der Waals surface area contributed by atoms with Gasteiger partial charge in [-0.05, 0) is 64.7 Å². The molecule has 0 unspecified atom stereocenters. The van der Waals surface area contributed by atoms with E-state index in [0.717, 1.165) is 77.5 Å². The number of aromatic nitrogens is 4. The summed E-state index contributed by atoms with van der Waals surface area (Å²) >= 11 is 0. The number of para-hydroxylation sites is 2. The second kappa shape index (κ2) is 12.3. The van der Waals surface area contributed by atoms with Crippen LogP contribution in [0.2, 0.25) is 0 Å². The summed E-state index contributed by atoms with van der Waals surface area (Å²) < 4.78 is 12.4. The largest absolute Gasteiger partial charge is 0.456 e. The highest BCUT2D eigenvalue weighted by molar-refractivity contribution is 6.12. The zero-order valence-electron chi connectivity index (χ0n) is 27.8. The second-order valence-electron chi connectivity index (χ2n) is 12.7.